The first-order chi connectivity index (χ1) is 10.2. The summed E-state index contributed by atoms with van der Waals surface area (Å²) in [7, 11) is 0. The highest BCUT2D eigenvalue weighted by atomic mass is 32.2. The third-order valence-corrected chi connectivity index (χ3v) is 4.78. The summed E-state index contributed by atoms with van der Waals surface area (Å²) < 4.78 is 0. The van der Waals surface area contributed by atoms with Crippen LogP contribution in [0, 0.1) is 6.92 Å². The summed E-state index contributed by atoms with van der Waals surface area (Å²) in [6.07, 6.45) is 4.88. The highest BCUT2D eigenvalue weighted by molar-refractivity contribution is 7.98. The van der Waals surface area contributed by atoms with Crippen LogP contribution in [-0.4, -0.2) is 15.0 Å². The lowest BCUT2D eigenvalue weighted by Crippen LogP contribution is -2.09. The van der Waals surface area contributed by atoms with Crippen molar-refractivity contribution in [1.29, 1.82) is 0 Å². The van der Waals surface area contributed by atoms with E-state index < -0.39 is 0 Å². The van der Waals surface area contributed by atoms with Crippen molar-refractivity contribution >= 4 is 17.7 Å². The first-order valence-corrected chi connectivity index (χ1v) is 8.39. The Morgan fingerprint density at radius 3 is 2.76 bits per heavy atom. The van der Waals surface area contributed by atoms with Gasteiger partial charge in [0.05, 0.1) is 5.75 Å². The fourth-order valence-electron chi connectivity index (χ4n) is 2.74. The van der Waals surface area contributed by atoms with E-state index in [1.165, 1.54) is 36.1 Å². The van der Waals surface area contributed by atoms with E-state index >= 15 is 0 Å². The Kier molecular flexibility index (Phi) is 4.39. The number of anilines is 1. The van der Waals surface area contributed by atoms with Crippen LogP contribution in [0.2, 0.25) is 0 Å². The molecule has 0 bridgehead atoms. The van der Waals surface area contributed by atoms with E-state index in [0.29, 0.717) is 11.9 Å². The summed E-state index contributed by atoms with van der Waals surface area (Å²) in [4.78, 5) is 14.5. The Bertz CT molecular complexity index is 623. The van der Waals surface area contributed by atoms with Crippen molar-refractivity contribution in [2.24, 2.45) is 0 Å². The van der Waals surface area contributed by atoms with Crippen molar-refractivity contribution in [3.63, 3.8) is 0 Å². The molecule has 0 atom stereocenters. The number of hydrogen-bond donors (Lipinski definition) is 1. The summed E-state index contributed by atoms with van der Waals surface area (Å²) in [6, 6.07) is 8.46. The van der Waals surface area contributed by atoms with E-state index in [1.807, 2.05) is 0 Å². The second kappa shape index (κ2) is 6.43. The van der Waals surface area contributed by atoms with E-state index in [-0.39, 0.29) is 0 Å². The molecule has 4 nitrogen and oxygen atoms in total. The van der Waals surface area contributed by atoms with Crippen LogP contribution in [-0.2, 0) is 5.75 Å². The number of benzene rings is 1. The van der Waals surface area contributed by atoms with Gasteiger partial charge < -0.3 is 5.73 Å². The quantitative estimate of drug-likeness (QED) is 0.872. The average molecular weight is 300 g/mol. The molecule has 5 heteroatoms. The first-order valence-electron chi connectivity index (χ1n) is 7.40. The molecule has 1 aromatic heterocycles. The van der Waals surface area contributed by atoms with Crippen molar-refractivity contribution in [3.05, 3.63) is 41.5 Å². The summed E-state index contributed by atoms with van der Waals surface area (Å²) in [5.41, 5.74) is 7.11. The third kappa shape index (κ3) is 3.73. The molecule has 0 aliphatic heterocycles. The Morgan fingerprint density at radius 2 is 2.00 bits per heavy atom. The Labute approximate surface area is 129 Å². The molecule has 1 fully saturated rings. The maximum Gasteiger partial charge on any atom is 0.223 e. The molecule has 1 aliphatic rings. The lowest BCUT2D eigenvalue weighted by Gasteiger charge is -2.09. The van der Waals surface area contributed by atoms with Gasteiger partial charge in [-0.1, -0.05) is 30.5 Å². The minimum atomic E-state index is 0.353. The molecule has 110 valence electrons. The van der Waals surface area contributed by atoms with Crippen molar-refractivity contribution in [1.82, 2.24) is 15.0 Å². The lowest BCUT2D eigenvalue weighted by atomic mass is 10.1. The molecule has 0 amide bonds. The van der Waals surface area contributed by atoms with Crippen molar-refractivity contribution < 1.29 is 0 Å². The van der Waals surface area contributed by atoms with E-state index in [9.17, 15) is 0 Å². The van der Waals surface area contributed by atoms with Gasteiger partial charge in [0.15, 0.2) is 0 Å². The molecule has 0 radical (unpaired) electrons. The number of nitrogens with two attached hydrogens (primary N) is 1. The second-order valence-electron chi connectivity index (χ2n) is 5.55. The van der Waals surface area contributed by atoms with Crippen molar-refractivity contribution in [3.8, 4) is 0 Å². The molecule has 0 saturated heterocycles. The zero-order valence-electron chi connectivity index (χ0n) is 12.2. The summed E-state index contributed by atoms with van der Waals surface area (Å²) >= 11 is 1.74. The van der Waals surface area contributed by atoms with Crippen molar-refractivity contribution in [2.45, 2.75) is 49.2 Å². The normalized spacial score (nSPS) is 15.5. The van der Waals surface area contributed by atoms with Gasteiger partial charge in [0.1, 0.15) is 11.6 Å². The molecule has 21 heavy (non-hydrogen) atoms. The fourth-order valence-corrected chi connectivity index (χ4v) is 3.61. The topological polar surface area (TPSA) is 64.7 Å². The maximum absolute atomic E-state index is 5.85. The standard InChI is InChI=1S/C16H20N4S/c1-11-5-4-8-13(9-11)21-10-14-18-15(20-16(17)19-14)12-6-2-3-7-12/h4-5,8-9,12H,2-3,6-7,10H2,1H3,(H2,17,18,19,20). The zero-order valence-corrected chi connectivity index (χ0v) is 13.1. The number of nitrogen functional groups attached to an aromatic ring is 1. The number of aryl methyl sites for hydroxylation is 1. The van der Waals surface area contributed by atoms with Gasteiger partial charge in [-0.25, -0.2) is 4.98 Å². The average Bonchev–Trinajstić information content (AvgIpc) is 2.99. The van der Waals surface area contributed by atoms with Crippen LogP contribution >= 0.6 is 11.8 Å². The maximum atomic E-state index is 5.85. The number of rotatable bonds is 4. The Hall–Kier alpha value is -1.62. The summed E-state index contributed by atoms with van der Waals surface area (Å²) in [5, 5.41) is 0. The molecule has 1 saturated carbocycles. The Morgan fingerprint density at radius 1 is 1.19 bits per heavy atom. The van der Waals surface area contributed by atoms with E-state index in [2.05, 4.69) is 46.1 Å². The van der Waals surface area contributed by atoms with Gasteiger partial charge in [0.2, 0.25) is 5.95 Å². The van der Waals surface area contributed by atoms with Crippen LogP contribution in [0.25, 0.3) is 0 Å². The van der Waals surface area contributed by atoms with E-state index in [4.69, 9.17) is 5.73 Å². The minimum Gasteiger partial charge on any atom is -0.368 e. The Balaban J connectivity index is 1.72. The molecule has 0 spiro atoms. The molecule has 1 aromatic carbocycles. The van der Waals surface area contributed by atoms with Crippen molar-refractivity contribution in [2.75, 3.05) is 5.73 Å². The SMILES string of the molecule is Cc1cccc(SCc2nc(N)nc(C3CCCC3)n2)c1. The highest BCUT2D eigenvalue weighted by Gasteiger charge is 2.21. The van der Waals surface area contributed by atoms with E-state index in [1.54, 1.807) is 11.8 Å². The minimum absolute atomic E-state index is 0.353. The third-order valence-electron chi connectivity index (χ3n) is 3.79. The summed E-state index contributed by atoms with van der Waals surface area (Å²) in [6.45, 7) is 2.10. The molecule has 3 rings (SSSR count). The van der Waals surface area contributed by atoms with Crippen LogP contribution in [0.3, 0.4) is 0 Å². The fraction of sp³-hybridized carbons (Fsp3) is 0.438. The van der Waals surface area contributed by atoms with Gasteiger partial charge in [0, 0.05) is 10.8 Å². The molecule has 1 heterocycles. The van der Waals surface area contributed by atoms with Gasteiger partial charge >= 0.3 is 0 Å². The van der Waals surface area contributed by atoms with Crippen LogP contribution in [0.15, 0.2) is 29.2 Å². The van der Waals surface area contributed by atoms with Gasteiger partial charge in [-0.3, -0.25) is 0 Å². The molecule has 2 aromatic rings. The monoisotopic (exact) mass is 300 g/mol. The number of thioether (sulfide) groups is 1. The van der Waals surface area contributed by atoms with Crippen LogP contribution in [0.5, 0.6) is 0 Å². The molecule has 2 N–H and O–H groups in total. The van der Waals surface area contributed by atoms with Gasteiger partial charge in [-0.2, -0.15) is 9.97 Å². The number of hydrogen-bond acceptors (Lipinski definition) is 5. The summed E-state index contributed by atoms with van der Waals surface area (Å²) in [5.74, 6) is 3.23. The largest absolute Gasteiger partial charge is 0.368 e. The smallest absolute Gasteiger partial charge is 0.223 e. The van der Waals surface area contributed by atoms with Gasteiger partial charge in [-0.15, -0.1) is 11.8 Å². The van der Waals surface area contributed by atoms with Crippen LogP contribution in [0.1, 0.15) is 48.8 Å². The molecule has 1 aliphatic carbocycles. The van der Waals surface area contributed by atoms with Gasteiger partial charge in [-0.05, 0) is 31.9 Å². The predicted octanol–water partition coefficient (Wildman–Crippen LogP) is 3.71. The molecular formula is C16H20N4S. The second-order valence-corrected chi connectivity index (χ2v) is 6.60. The molecule has 0 unspecified atom stereocenters. The zero-order chi connectivity index (χ0) is 14.7. The highest BCUT2D eigenvalue weighted by Crippen LogP contribution is 2.32. The lowest BCUT2D eigenvalue weighted by molar-refractivity contribution is 0.657. The van der Waals surface area contributed by atoms with E-state index in [0.717, 1.165) is 17.4 Å². The molecular weight excluding hydrogens is 280 g/mol. The predicted molar refractivity (Wildman–Crippen MR) is 86.2 cm³/mol. The van der Waals surface area contributed by atoms with Gasteiger partial charge in [0.25, 0.3) is 0 Å². The van der Waals surface area contributed by atoms with Crippen LogP contribution in [0.4, 0.5) is 5.95 Å². The van der Waals surface area contributed by atoms with Crippen LogP contribution < -0.4 is 5.73 Å². The first kappa shape index (κ1) is 14.3. The number of nitrogens with zero attached hydrogens (tertiary/aromatic N) is 3. The number of aromatic nitrogens is 3.